The number of rotatable bonds is 4. The van der Waals surface area contributed by atoms with Crippen LogP contribution in [0.25, 0.3) is 0 Å². The fourth-order valence-electron chi connectivity index (χ4n) is 2.09. The van der Waals surface area contributed by atoms with Crippen molar-refractivity contribution in [2.75, 3.05) is 12.8 Å². The molecule has 0 saturated heterocycles. The van der Waals surface area contributed by atoms with Gasteiger partial charge in [-0.3, -0.25) is 4.79 Å². The molecule has 21 heavy (non-hydrogen) atoms. The van der Waals surface area contributed by atoms with Crippen LogP contribution < -0.4 is 5.73 Å². The molecule has 2 aromatic rings. The number of nitrogens with zero attached hydrogens (tertiary/aromatic N) is 2. The van der Waals surface area contributed by atoms with Crippen LogP contribution in [0.4, 0.5) is 5.82 Å². The van der Waals surface area contributed by atoms with Gasteiger partial charge in [0.1, 0.15) is 5.82 Å². The van der Waals surface area contributed by atoms with E-state index in [9.17, 15) is 4.79 Å². The Morgan fingerprint density at radius 2 is 2.05 bits per heavy atom. The molecule has 0 bridgehead atoms. The maximum atomic E-state index is 12.5. The van der Waals surface area contributed by atoms with Crippen LogP contribution in [0, 0.1) is 0 Å². The Kier molecular flexibility index (Phi) is 4.96. The minimum Gasteiger partial charge on any atom is -0.384 e. The number of nitrogen functional groups attached to an aromatic ring is 1. The summed E-state index contributed by atoms with van der Waals surface area (Å²) in [5.41, 5.74) is 8.23. The minimum absolute atomic E-state index is 0.0606. The van der Waals surface area contributed by atoms with E-state index < -0.39 is 0 Å². The van der Waals surface area contributed by atoms with Crippen molar-refractivity contribution in [3.63, 3.8) is 0 Å². The molecule has 0 aliphatic heterocycles. The molecular weight excluding hydrogens is 330 g/mol. The molecule has 1 aromatic carbocycles. The SMILES string of the molecule is CCc1cc(C(=O)N(C)Cc2ccccc2Br)cc(N)n1. The first-order valence-electron chi connectivity index (χ1n) is 6.76. The highest BCUT2D eigenvalue weighted by molar-refractivity contribution is 9.10. The second-order valence-corrected chi connectivity index (χ2v) is 5.73. The lowest BCUT2D eigenvalue weighted by Gasteiger charge is -2.18. The van der Waals surface area contributed by atoms with Crippen LogP contribution in [-0.4, -0.2) is 22.8 Å². The van der Waals surface area contributed by atoms with Gasteiger partial charge < -0.3 is 10.6 Å². The number of anilines is 1. The Morgan fingerprint density at radius 3 is 2.71 bits per heavy atom. The number of amides is 1. The van der Waals surface area contributed by atoms with Gasteiger partial charge >= 0.3 is 0 Å². The molecule has 0 aliphatic carbocycles. The van der Waals surface area contributed by atoms with Crippen molar-refractivity contribution in [3.05, 3.63) is 57.7 Å². The Hall–Kier alpha value is -1.88. The number of carbonyl (C=O) groups excluding carboxylic acids is 1. The molecule has 2 rings (SSSR count). The van der Waals surface area contributed by atoms with E-state index in [0.29, 0.717) is 17.9 Å². The van der Waals surface area contributed by atoms with Crippen LogP contribution in [0.1, 0.15) is 28.5 Å². The van der Waals surface area contributed by atoms with E-state index >= 15 is 0 Å². The van der Waals surface area contributed by atoms with E-state index in [1.54, 1.807) is 24.1 Å². The number of pyridine rings is 1. The van der Waals surface area contributed by atoms with Crippen molar-refractivity contribution in [3.8, 4) is 0 Å². The number of aryl methyl sites for hydroxylation is 1. The van der Waals surface area contributed by atoms with E-state index in [-0.39, 0.29) is 5.91 Å². The first kappa shape index (κ1) is 15.5. The zero-order chi connectivity index (χ0) is 15.4. The quantitative estimate of drug-likeness (QED) is 0.923. The van der Waals surface area contributed by atoms with Crippen LogP contribution in [0.15, 0.2) is 40.9 Å². The molecule has 1 amide bonds. The average Bonchev–Trinajstić information content (AvgIpc) is 2.48. The predicted octanol–water partition coefficient (Wildman–Crippen LogP) is 3.26. The Labute approximate surface area is 133 Å². The standard InChI is InChI=1S/C16H18BrN3O/c1-3-13-8-12(9-15(18)19-13)16(21)20(2)10-11-6-4-5-7-14(11)17/h4-9H,3,10H2,1-2H3,(H2,18,19). The second-order valence-electron chi connectivity index (χ2n) is 4.88. The van der Waals surface area contributed by atoms with Crippen molar-refractivity contribution in [2.24, 2.45) is 0 Å². The first-order valence-corrected chi connectivity index (χ1v) is 7.56. The number of aromatic nitrogens is 1. The normalized spacial score (nSPS) is 10.4. The molecule has 2 N–H and O–H groups in total. The van der Waals surface area contributed by atoms with Crippen LogP contribution in [0.3, 0.4) is 0 Å². The summed E-state index contributed by atoms with van der Waals surface area (Å²) in [5, 5.41) is 0. The van der Waals surface area contributed by atoms with Gasteiger partial charge in [0.05, 0.1) is 0 Å². The third kappa shape index (κ3) is 3.82. The summed E-state index contributed by atoms with van der Waals surface area (Å²) in [6, 6.07) is 11.3. The molecule has 1 heterocycles. The summed E-state index contributed by atoms with van der Waals surface area (Å²) in [7, 11) is 1.78. The van der Waals surface area contributed by atoms with Crippen molar-refractivity contribution in [1.29, 1.82) is 0 Å². The summed E-state index contributed by atoms with van der Waals surface area (Å²) >= 11 is 3.50. The van der Waals surface area contributed by atoms with E-state index in [0.717, 1.165) is 22.2 Å². The van der Waals surface area contributed by atoms with Crippen LogP contribution >= 0.6 is 15.9 Å². The van der Waals surface area contributed by atoms with Crippen LogP contribution in [-0.2, 0) is 13.0 Å². The van der Waals surface area contributed by atoms with Crippen LogP contribution in [0.2, 0.25) is 0 Å². The molecule has 110 valence electrons. The molecule has 0 fully saturated rings. The average molecular weight is 348 g/mol. The lowest BCUT2D eigenvalue weighted by Crippen LogP contribution is -2.26. The molecule has 5 heteroatoms. The van der Waals surface area contributed by atoms with E-state index in [4.69, 9.17) is 5.73 Å². The van der Waals surface area contributed by atoms with Gasteiger partial charge in [-0.05, 0) is 30.2 Å². The van der Waals surface area contributed by atoms with Crippen molar-refractivity contribution < 1.29 is 4.79 Å². The number of hydrogen-bond donors (Lipinski definition) is 1. The fraction of sp³-hybridized carbons (Fsp3) is 0.250. The highest BCUT2D eigenvalue weighted by Gasteiger charge is 2.14. The zero-order valence-electron chi connectivity index (χ0n) is 12.1. The summed E-state index contributed by atoms with van der Waals surface area (Å²) in [6.45, 7) is 2.52. The largest absolute Gasteiger partial charge is 0.384 e. The van der Waals surface area contributed by atoms with Gasteiger partial charge in [0.15, 0.2) is 0 Å². The van der Waals surface area contributed by atoms with Crippen molar-refractivity contribution in [2.45, 2.75) is 19.9 Å². The molecule has 1 aromatic heterocycles. The molecule has 0 radical (unpaired) electrons. The Morgan fingerprint density at radius 1 is 1.33 bits per heavy atom. The molecular formula is C16H18BrN3O. The maximum absolute atomic E-state index is 12.5. The van der Waals surface area contributed by atoms with Gasteiger partial charge in [0.25, 0.3) is 5.91 Å². The van der Waals surface area contributed by atoms with E-state index in [2.05, 4.69) is 20.9 Å². The minimum atomic E-state index is -0.0606. The number of halogens is 1. The first-order chi connectivity index (χ1) is 10.0. The number of benzene rings is 1. The van der Waals surface area contributed by atoms with Gasteiger partial charge in [-0.2, -0.15) is 0 Å². The molecule has 0 saturated carbocycles. The third-order valence-corrected chi connectivity index (χ3v) is 3.99. The molecule has 4 nitrogen and oxygen atoms in total. The molecule has 0 atom stereocenters. The summed E-state index contributed by atoms with van der Waals surface area (Å²) < 4.78 is 0.994. The van der Waals surface area contributed by atoms with Gasteiger partial charge in [-0.15, -0.1) is 0 Å². The van der Waals surface area contributed by atoms with Crippen LogP contribution in [0.5, 0.6) is 0 Å². The zero-order valence-corrected chi connectivity index (χ0v) is 13.7. The number of nitrogens with two attached hydrogens (primary N) is 1. The third-order valence-electron chi connectivity index (χ3n) is 3.22. The van der Waals surface area contributed by atoms with Crippen molar-refractivity contribution >= 4 is 27.7 Å². The molecule has 0 aliphatic rings. The molecule has 0 unspecified atom stereocenters. The van der Waals surface area contributed by atoms with Gasteiger partial charge in [0.2, 0.25) is 0 Å². The lowest BCUT2D eigenvalue weighted by atomic mass is 10.1. The summed E-state index contributed by atoms with van der Waals surface area (Å²) in [6.07, 6.45) is 0.749. The van der Waals surface area contributed by atoms with Gasteiger partial charge in [-0.25, -0.2) is 4.98 Å². The summed E-state index contributed by atoms with van der Waals surface area (Å²) in [4.78, 5) is 18.4. The summed E-state index contributed by atoms with van der Waals surface area (Å²) in [5.74, 6) is 0.321. The monoisotopic (exact) mass is 347 g/mol. The van der Waals surface area contributed by atoms with Gasteiger partial charge in [-0.1, -0.05) is 41.1 Å². The molecule has 0 spiro atoms. The topological polar surface area (TPSA) is 59.2 Å². The predicted molar refractivity (Wildman–Crippen MR) is 88.0 cm³/mol. The lowest BCUT2D eigenvalue weighted by molar-refractivity contribution is 0.0784. The Bertz CT molecular complexity index is 658. The van der Waals surface area contributed by atoms with E-state index in [1.807, 2.05) is 31.2 Å². The smallest absolute Gasteiger partial charge is 0.254 e. The second kappa shape index (κ2) is 6.72. The highest BCUT2D eigenvalue weighted by atomic mass is 79.9. The van der Waals surface area contributed by atoms with Gasteiger partial charge in [0, 0.05) is 29.3 Å². The number of carbonyl (C=O) groups is 1. The number of hydrogen-bond acceptors (Lipinski definition) is 3. The van der Waals surface area contributed by atoms with E-state index in [1.165, 1.54) is 0 Å². The highest BCUT2D eigenvalue weighted by Crippen LogP contribution is 2.19. The maximum Gasteiger partial charge on any atom is 0.254 e. The van der Waals surface area contributed by atoms with Crippen molar-refractivity contribution in [1.82, 2.24) is 9.88 Å². The fourth-order valence-corrected chi connectivity index (χ4v) is 2.50. The Balaban J connectivity index is 2.20.